The lowest BCUT2D eigenvalue weighted by atomic mass is 10.0. The number of rotatable bonds is 54. The number of nitrogens with one attached hydrogen (secondary N) is 3. The van der Waals surface area contributed by atoms with Crippen molar-refractivity contribution >= 4 is 35.4 Å². The normalized spacial score (nSPS) is 12.8. The second kappa shape index (κ2) is 50.4. The third-order valence-electron chi connectivity index (χ3n) is 15.5. The number of unbranched alkanes of at least 4 members (excludes halogenated alkanes) is 27. The van der Waals surface area contributed by atoms with E-state index in [1.54, 1.807) is 0 Å². The molecule has 16 nitrogen and oxygen atoms in total. The molecule has 0 fully saturated rings. The lowest BCUT2D eigenvalue weighted by Gasteiger charge is -2.38. The summed E-state index contributed by atoms with van der Waals surface area (Å²) < 4.78 is 0. The number of amides is 6. The minimum absolute atomic E-state index is 0.00425. The Morgan fingerprint density at radius 3 is 0.671 bits per heavy atom. The average Bonchev–Trinajstić information content (AvgIpc) is 3.44. The molecular weight excluding hydrogens is 999 g/mol. The first-order chi connectivity index (χ1) is 38.1. The molecule has 0 radical (unpaired) electrons. The van der Waals surface area contributed by atoms with E-state index >= 15 is 0 Å². The van der Waals surface area contributed by atoms with Gasteiger partial charge in [0.2, 0.25) is 35.4 Å². The molecule has 16 heteroatoms. The largest absolute Gasteiger partial charge is 0.387 e. The molecule has 0 aromatic heterocycles. The first-order valence-corrected chi connectivity index (χ1v) is 32.3. The fraction of sp³-hybridized carbons (Fsp3) is 0.905. The number of carbonyl (C=O) groups excluding carboxylic acids is 6. The van der Waals surface area contributed by atoms with Crippen LogP contribution in [0.3, 0.4) is 0 Å². The molecular formula is C63H123N7O9. The van der Waals surface area contributed by atoms with E-state index in [9.17, 15) is 44.1 Å². The highest BCUT2D eigenvalue weighted by molar-refractivity contribution is 5.89. The standard InChI is InChI=1S/C63H123N7O9/c1-10-13-16-19-22-25-28-31-34-37-40-64-61(77)58(52(4)5)68(55(74)49-71)46-43-67(44-47-69(56(75)50-72)59(53(6)7)62(78)65-41-38-35-32-29-26-23-20-17-14-11-2)45-48-70(57(76)51-73)60(54(8)9)63(79)66-42-39-36-33-30-27-24-21-18-15-12-3/h52-54,58-60,71-73H,10-51H2,1-9H3,(H,64,77)(H,65,78)(H,66,79). The molecule has 0 saturated heterocycles. The van der Waals surface area contributed by atoms with Gasteiger partial charge in [-0.2, -0.15) is 0 Å². The van der Waals surface area contributed by atoms with Crippen LogP contribution in [0, 0.1) is 17.8 Å². The van der Waals surface area contributed by atoms with Crippen molar-refractivity contribution in [2.75, 3.05) is 78.7 Å². The van der Waals surface area contributed by atoms with Crippen LogP contribution < -0.4 is 16.0 Å². The van der Waals surface area contributed by atoms with Crippen LogP contribution in [-0.2, 0) is 28.8 Å². The maximum atomic E-state index is 14.0. The molecule has 0 saturated carbocycles. The highest BCUT2D eigenvalue weighted by Gasteiger charge is 2.36. The summed E-state index contributed by atoms with van der Waals surface area (Å²) in [6, 6.07) is -2.71. The Hall–Kier alpha value is -3.34. The maximum absolute atomic E-state index is 14.0. The van der Waals surface area contributed by atoms with Gasteiger partial charge < -0.3 is 46.0 Å². The minimum atomic E-state index is -0.904. The molecule has 0 aliphatic heterocycles. The third kappa shape index (κ3) is 36.0. The summed E-state index contributed by atoms with van der Waals surface area (Å²) in [6.45, 7) is 17.1. The van der Waals surface area contributed by atoms with Crippen molar-refractivity contribution in [1.82, 2.24) is 35.6 Å². The Morgan fingerprint density at radius 2 is 0.494 bits per heavy atom. The van der Waals surface area contributed by atoms with Gasteiger partial charge in [-0.1, -0.05) is 236 Å². The van der Waals surface area contributed by atoms with Crippen LogP contribution in [-0.4, -0.2) is 167 Å². The average molecular weight is 1120 g/mol. The van der Waals surface area contributed by atoms with Crippen molar-refractivity contribution in [2.24, 2.45) is 17.8 Å². The Balaban J connectivity index is 6.50. The second-order valence-corrected chi connectivity index (χ2v) is 23.6. The first-order valence-electron chi connectivity index (χ1n) is 32.3. The van der Waals surface area contributed by atoms with Crippen LogP contribution in [0.5, 0.6) is 0 Å². The van der Waals surface area contributed by atoms with Crippen molar-refractivity contribution in [3.63, 3.8) is 0 Å². The molecule has 0 rings (SSSR count). The van der Waals surface area contributed by atoms with Crippen molar-refractivity contribution < 1.29 is 44.1 Å². The topological polar surface area (TPSA) is 212 Å². The number of aliphatic hydroxyl groups excluding tert-OH is 3. The van der Waals surface area contributed by atoms with Gasteiger partial charge >= 0.3 is 0 Å². The lowest BCUT2D eigenvalue weighted by Crippen LogP contribution is -2.58. The zero-order chi connectivity index (χ0) is 59.1. The van der Waals surface area contributed by atoms with Gasteiger partial charge in [-0.25, -0.2) is 0 Å². The second-order valence-electron chi connectivity index (χ2n) is 23.6. The number of aliphatic hydroxyl groups is 3. The quantitative estimate of drug-likeness (QED) is 0.0317. The van der Waals surface area contributed by atoms with E-state index < -0.39 is 55.7 Å². The van der Waals surface area contributed by atoms with E-state index in [-0.39, 0.29) is 74.7 Å². The molecule has 464 valence electrons. The number of hydrogen-bond donors (Lipinski definition) is 6. The molecule has 3 atom stereocenters. The molecule has 0 spiro atoms. The SMILES string of the molecule is CCCCCCCCCCCCNC(=O)C(C(C)C)N(CCN(CCN(C(=O)CO)C(C(=O)NCCCCCCCCCCCC)C(C)C)CCN(C(=O)CO)C(C(=O)NCCCCCCCCCCCC)C(C)C)C(=O)CO. The van der Waals surface area contributed by atoms with Gasteiger partial charge in [-0.05, 0) is 37.0 Å². The molecule has 3 unspecified atom stereocenters. The molecule has 0 bridgehead atoms. The summed E-state index contributed by atoms with van der Waals surface area (Å²) in [5.41, 5.74) is 0. The van der Waals surface area contributed by atoms with Crippen LogP contribution in [0.1, 0.15) is 255 Å². The zero-order valence-electron chi connectivity index (χ0n) is 52.2. The van der Waals surface area contributed by atoms with E-state index in [2.05, 4.69) is 36.7 Å². The Bertz CT molecular complexity index is 1380. The Morgan fingerprint density at radius 1 is 0.304 bits per heavy atom. The molecule has 0 heterocycles. The monoisotopic (exact) mass is 1120 g/mol. The van der Waals surface area contributed by atoms with Crippen LogP contribution >= 0.6 is 0 Å². The number of carbonyl (C=O) groups is 6. The predicted octanol–water partition coefficient (Wildman–Crippen LogP) is 9.94. The van der Waals surface area contributed by atoms with E-state index in [1.807, 2.05) is 46.4 Å². The van der Waals surface area contributed by atoms with Gasteiger partial charge in [0.15, 0.2) is 0 Å². The van der Waals surface area contributed by atoms with Crippen LogP contribution in [0.2, 0.25) is 0 Å². The Labute approximate surface area is 482 Å². The highest BCUT2D eigenvalue weighted by atomic mass is 16.3. The van der Waals surface area contributed by atoms with Crippen molar-refractivity contribution in [1.29, 1.82) is 0 Å². The van der Waals surface area contributed by atoms with Gasteiger partial charge in [-0.3, -0.25) is 33.7 Å². The molecule has 0 aromatic rings. The molecule has 0 aliphatic carbocycles. The molecule has 0 aromatic carbocycles. The van der Waals surface area contributed by atoms with Crippen LogP contribution in [0.25, 0.3) is 0 Å². The van der Waals surface area contributed by atoms with Gasteiger partial charge in [0.05, 0.1) is 0 Å². The fourth-order valence-electron chi connectivity index (χ4n) is 10.8. The molecule has 6 N–H and O–H groups in total. The third-order valence-corrected chi connectivity index (χ3v) is 15.5. The minimum Gasteiger partial charge on any atom is -0.387 e. The van der Waals surface area contributed by atoms with Crippen molar-refractivity contribution in [2.45, 2.75) is 273 Å². The molecule has 79 heavy (non-hydrogen) atoms. The van der Waals surface area contributed by atoms with Gasteiger partial charge in [0, 0.05) is 58.9 Å². The maximum Gasteiger partial charge on any atom is 0.249 e. The van der Waals surface area contributed by atoms with E-state index in [1.165, 1.54) is 130 Å². The van der Waals surface area contributed by atoms with Crippen LogP contribution in [0.4, 0.5) is 0 Å². The Kier molecular flexibility index (Phi) is 48.3. The van der Waals surface area contributed by atoms with E-state index in [0.29, 0.717) is 19.6 Å². The van der Waals surface area contributed by atoms with Crippen LogP contribution in [0.15, 0.2) is 0 Å². The van der Waals surface area contributed by atoms with E-state index in [4.69, 9.17) is 0 Å². The number of hydrogen-bond acceptors (Lipinski definition) is 10. The van der Waals surface area contributed by atoms with Crippen molar-refractivity contribution in [3.05, 3.63) is 0 Å². The fourth-order valence-corrected chi connectivity index (χ4v) is 10.8. The van der Waals surface area contributed by atoms with Gasteiger partial charge in [0.1, 0.15) is 37.9 Å². The van der Waals surface area contributed by atoms with E-state index in [0.717, 1.165) is 77.0 Å². The highest BCUT2D eigenvalue weighted by Crippen LogP contribution is 2.19. The zero-order valence-corrected chi connectivity index (χ0v) is 52.2. The summed E-state index contributed by atoms with van der Waals surface area (Å²) in [6.07, 6.45) is 34.8. The summed E-state index contributed by atoms with van der Waals surface area (Å²) >= 11 is 0. The molecule has 0 aliphatic rings. The summed E-state index contributed by atoms with van der Waals surface area (Å²) in [5.74, 6) is -3.77. The first kappa shape index (κ1) is 75.7. The van der Waals surface area contributed by atoms with Gasteiger partial charge in [-0.15, -0.1) is 0 Å². The van der Waals surface area contributed by atoms with Gasteiger partial charge in [0.25, 0.3) is 0 Å². The van der Waals surface area contributed by atoms with Crippen molar-refractivity contribution in [3.8, 4) is 0 Å². The smallest absolute Gasteiger partial charge is 0.249 e. The predicted molar refractivity (Wildman–Crippen MR) is 323 cm³/mol. The summed E-state index contributed by atoms with van der Waals surface area (Å²) in [7, 11) is 0. The summed E-state index contributed by atoms with van der Waals surface area (Å²) in [4.78, 5) is 89.0. The summed E-state index contributed by atoms with van der Waals surface area (Å²) in [5, 5.41) is 40.0. The number of nitrogens with zero attached hydrogens (tertiary/aromatic N) is 4. The molecule has 6 amide bonds. The lowest BCUT2D eigenvalue weighted by molar-refractivity contribution is -0.146.